The summed E-state index contributed by atoms with van der Waals surface area (Å²) in [7, 11) is 0. The Hall–Kier alpha value is -0.480. The fraction of sp³-hybridized carbons (Fsp3) is 0.333. The smallest absolute Gasteiger partial charge is 0.00346 e. The first kappa shape index (κ1) is 7.63. The number of hydrogen-bond donors (Lipinski definition) is 0. The topological polar surface area (TPSA) is 0 Å². The molecule has 0 fully saturated rings. The molecule has 0 saturated carbocycles. The second kappa shape index (κ2) is 4.35. The summed E-state index contributed by atoms with van der Waals surface area (Å²) >= 11 is 3.38. The maximum absolute atomic E-state index is 3.38. The minimum Gasteiger partial charge on any atom is -0.0928 e. The van der Waals surface area contributed by atoms with Crippen molar-refractivity contribution in [2.45, 2.75) is 12.8 Å². The van der Waals surface area contributed by atoms with Gasteiger partial charge < -0.3 is 0 Å². The molecule has 52 valence electrons. The van der Waals surface area contributed by atoms with Gasteiger partial charge in [-0.2, -0.15) is 0 Å². The van der Waals surface area contributed by atoms with Gasteiger partial charge in [0.05, 0.1) is 0 Å². The van der Waals surface area contributed by atoms with Gasteiger partial charge in [0.25, 0.3) is 0 Å². The highest BCUT2D eigenvalue weighted by Crippen LogP contribution is 1.99. The molecular formula is C9H9Br. The Balaban J connectivity index is 2.43. The van der Waals surface area contributed by atoms with Gasteiger partial charge in [-0.15, -0.1) is 0 Å². The van der Waals surface area contributed by atoms with Gasteiger partial charge in [0.2, 0.25) is 0 Å². The van der Waals surface area contributed by atoms with Crippen LogP contribution in [0.2, 0.25) is 0 Å². The highest BCUT2D eigenvalue weighted by molar-refractivity contribution is 9.09. The molecule has 1 aromatic rings. The van der Waals surface area contributed by atoms with Crippen LogP contribution >= 0.6 is 15.9 Å². The first-order valence-electron chi connectivity index (χ1n) is 3.36. The van der Waals surface area contributed by atoms with Crippen LogP contribution in [0.25, 0.3) is 0 Å². The molecule has 0 saturated heterocycles. The monoisotopic (exact) mass is 196 g/mol. The minimum atomic E-state index is 1.07. The average molecular weight is 197 g/mol. The van der Waals surface area contributed by atoms with Crippen LogP contribution in [0.15, 0.2) is 18.2 Å². The molecular weight excluding hydrogens is 188 g/mol. The molecule has 0 atom stereocenters. The number of halogens is 1. The second-order valence-corrected chi connectivity index (χ2v) is 2.91. The summed E-state index contributed by atoms with van der Waals surface area (Å²) in [5, 5.41) is 1.07. The molecule has 0 aliphatic heterocycles. The van der Waals surface area contributed by atoms with Crippen LogP contribution in [-0.2, 0) is 6.42 Å². The SMILES string of the molecule is BrCCCc1c#cccc1. The molecule has 0 nitrogen and oxygen atoms in total. The maximum Gasteiger partial charge on any atom is 0.00346 e. The molecule has 0 aliphatic rings. The van der Waals surface area contributed by atoms with E-state index in [1.807, 2.05) is 12.1 Å². The number of rotatable bonds is 3. The van der Waals surface area contributed by atoms with Crippen molar-refractivity contribution < 1.29 is 0 Å². The predicted octanol–water partition coefficient (Wildman–Crippen LogP) is 2.61. The van der Waals surface area contributed by atoms with E-state index in [-0.39, 0.29) is 0 Å². The maximum atomic E-state index is 3.38. The third kappa shape index (κ3) is 2.41. The molecule has 0 spiro atoms. The molecule has 0 amide bonds. The van der Waals surface area contributed by atoms with Crippen LogP contribution in [0, 0.1) is 12.1 Å². The van der Waals surface area contributed by atoms with E-state index in [4.69, 9.17) is 0 Å². The van der Waals surface area contributed by atoms with Crippen molar-refractivity contribution in [1.82, 2.24) is 0 Å². The van der Waals surface area contributed by atoms with E-state index in [9.17, 15) is 0 Å². The number of aryl methyl sites for hydroxylation is 1. The zero-order chi connectivity index (χ0) is 7.23. The van der Waals surface area contributed by atoms with E-state index < -0.39 is 0 Å². The van der Waals surface area contributed by atoms with Crippen molar-refractivity contribution in [1.29, 1.82) is 0 Å². The Kier molecular flexibility index (Phi) is 3.32. The number of alkyl halides is 1. The van der Waals surface area contributed by atoms with Gasteiger partial charge in [0.15, 0.2) is 0 Å². The standard InChI is InChI=1S/C9H9Br/c10-8-4-7-9-5-2-1-3-6-9/h1-2,5H,4,7-8H2. The van der Waals surface area contributed by atoms with Gasteiger partial charge in [-0.25, -0.2) is 0 Å². The van der Waals surface area contributed by atoms with E-state index in [0.29, 0.717) is 0 Å². The summed E-state index contributed by atoms with van der Waals surface area (Å²) < 4.78 is 0. The lowest BCUT2D eigenvalue weighted by molar-refractivity contribution is 0.940. The van der Waals surface area contributed by atoms with Crippen LogP contribution in [0.4, 0.5) is 0 Å². The first-order valence-corrected chi connectivity index (χ1v) is 4.49. The van der Waals surface area contributed by atoms with Crippen molar-refractivity contribution >= 4 is 15.9 Å². The van der Waals surface area contributed by atoms with Gasteiger partial charge in [0, 0.05) is 10.9 Å². The lowest BCUT2D eigenvalue weighted by atomic mass is 10.2. The van der Waals surface area contributed by atoms with Gasteiger partial charge in [-0.05, 0) is 18.9 Å². The van der Waals surface area contributed by atoms with E-state index in [2.05, 4.69) is 34.1 Å². The van der Waals surface area contributed by atoms with Gasteiger partial charge in [-0.1, -0.05) is 40.2 Å². The Labute approximate surface area is 70.4 Å². The van der Waals surface area contributed by atoms with Crippen molar-refractivity contribution in [3.05, 3.63) is 35.9 Å². The summed E-state index contributed by atoms with van der Waals surface area (Å²) in [6, 6.07) is 11.9. The molecule has 10 heavy (non-hydrogen) atoms. The number of hydrogen-bond acceptors (Lipinski definition) is 0. The summed E-state index contributed by atoms with van der Waals surface area (Å²) in [4.78, 5) is 0. The molecule has 0 N–H and O–H groups in total. The van der Waals surface area contributed by atoms with Crippen LogP contribution in [-0.4, -0.2) is 5.33 Å². The molecule has 1 aromatic carbocycles. The lowest BCUT2D eigenvalue weighted by Crippen LogP contribution is -1.82. The third-order valence-corrected chi connectivity index (χ3v) is 1.85. The molecule has 1 heteroatoms. The Morgan fingerprint density at radius 1 is 1.50 bits per heavy atom. The third-order valence-electron chi connectivity index (χ3n) is 1.29. The molecule has 0 heterocycles. The fourth-order valence-corrected chi connectivity index (χ4v) is 1.07. The van der Waals surface area contributed by atoms with Crippen molar-refractivity contribution in [3.8, 4) is 0 Å². The molecule has 0 aliphatic carbocycles. The van der Waals surface area contributed by atoms with Crippen LogP contribution < -0.4 is 0 Å². The van der Waals surface area contributed by atoms with Gasteiger partial charge in [0.1, 0.15) is 0 Å². The zero-order valence-corrected chi connectivity index (χ0v) is 7.32. The van der Waals surface area contributed by atoms with Crippen molar-refractivity contribution in [2.24, 2.45) is 0 Å². The highest BCUT2D eigenvalue weighted by atomic mass is 79.9. The molecule has 1 rings (SSSR count). The first-order chi connectivity index (χ1) is 4.93. The fourth-order valence-electron chi connectivity index (χ4n) is 0.792. The van der Waals surface area contributed by atoms with E-state index in [1.54, 1.807) is 0 Å². The van der Waals surface area contributed by atoms with Gasteiger partial charge in [-0.3, -0.25) is 0 Å². The Bertz CT molecular complexity index is 169. The van der Waals surface area contributed by atoms with Crippen molar-refractivity contribution in [2.75, 3.05) is 5.33 Å². The Morgan fingerprint density at radius 3 is 3.00 bits per heavy atom. The van der Waals surface area contributed by atoms with Crippen LogP contribution in [0.1, 0.15) is 12.0 Å². The second-order valence-electron chi connectivity index (χ2n) is 2.11. The normalized spacial score (nSPS) is 8.90. The summed E-state index contributed by atoms with van der Waals surface area (Å²) in [6.45, 7) is 0. The van der Waals surface area contributed by atoms with Crippen LogP contribution in [0.3, 0.4) is 0 Å². The van der Waals surface area contributed by atoms with E-state index in [0.717, 1.165) is 11.8 Å². The predicted molar refractivity (Wildman–Crippen MR) is 46.2 cm³/mol. The minimum absolute atomic E-state index is 1.07. The van der Waals surface area contributed by atoms with E-state index in [1.165, 1.54) is 12.0 Å². The summed E-state index contributed by atoms with van der Waals surface area (Å²) in [5.41, 5.74) is 1.25. The van der Waals surface area contributed by atoms with Crippen LogP contribution in [0.5, 0.6) is 0 Å². The lowest BCUT2D eigenvalue weighted by Gasteiger charge is -1.91. The summed E-state index contributed by atoms with van der Waals surface area (Å²) in [6.07, 6.45) is 2.27. The molecule has 0 radical (unpaired) electrons. The molecule has 0 aromatic heterocycles. The largest absolute Gasteiger partial charge is 0.0928 e. The van der Waals surface area contributed by atoms with E-state index >= 15 is 0 Å². The highest BCUT2D eigenvalue weighted by Gasteiger charge is 1.87. The quantitative estimate of drug-likeness (QED) is 0.653. The molecule has 0 unspecified atom stereocenters. The Morgan fingerprint density at radius 2 is 2.40 bits per heavy atom. The van der Waals surface area contributed by atoms with Crippen molar-refractivity contribution in [3.63, 3.8) is 0 Å². The summed E-state index contributed by atoms with van der Waals surface area (Å²) in [5.74, 6) is 0. The zero-order valence-electron chi connectivity index (χ0n) is 5.73. The molecule has 0 bridgehead atoms. The average Bonchev–Trinajstić information content (AvgIpc) is 2.03. The van der Waals surface area contributed by atoms with Gasteiger partial charge >= 0.3 is 0 Å².